The Morgan fingerprint density at radius 2 is 1.04 bits per heavy atom. The molecule has 0 amide bonds. The van der Waals surface area contributed by atoms with E-state index in [9.17, 15) is 22.0 Å². The van der Waals surface area contributed by atoms with Crippen molar-refractivity contribution >= 4 is 0 Å². The minimum atomic E-state index is -4.00. The molecule has 304 valence electrons. The Hall–Kier alpha value is -1.06. The molecule has 1 saturated carbocycles. The lowest BCUT2D eigenvalue weighted by Crippen LogP contribution is -2.11. The maximum Gasteiger partial charge on any atom is 0.386 e. The Morgan fingerprint density at radius 3 is 1.04 bits per heavy atom. The molecule has 0 aliphatic heterocycles. The number of aliphatic hydroxyl groups excluding tert-OH is 2. The van der Waals surface area contributed by atoms with Crippen LogP contribution in [0.3, 0.4) is 0 Å². The normalized spacial score (nSPS) is 11.7. The summed E-state index contributed by atoms with van der Waals surface area (Å²) in [5, 5.41) is 23.9. The summed E-state index contributed by atoms with van der Waals surface area (Å²) in [7, 11) is 1.68. The molecule has 0 saturated heterocycles. The second kappa shape index (κ2) is 80.5. The zero-order valence-corrected chi connectivity index (χ0v) is 34.7. The summed E-state index contributed by atoms with van der Waals surface area (Å²) < 4.78 is 57.8. The van der Waals surface area contributed by atoms with Gasteiger partial charge in [-0.1, -0.05) is 94.9 Å². The van der Waals surface area contributed by atoms with E-state index < -0.39 is 12.3 Å². The molecule has 0 heterocycles. The van der Waals surface area contributed by atoms with Crippen molar-refractivity contribution in [2.24, 2.45) is 17.4 Å². The molecule has 1 rings (SSSR count). The number of nitrogens with two attached hydrogens (primary N) is 2. The van der Waals surface area contributed by atoms with E-state index in [4.69, 9.17) is 26.9 Å². The molecule has 3 unspecified atom stereocenters. The second-order valence-corrected chi connectivity index (χ2v) is 10.6. The fourth-order valence-corrected chi connectivity index (χ4v) is 0.167. The van der Waals surface area contributed by atoms with Gasteiger partial charge in [-0.2, -0.15) is 18.4 Å². The number of alkyl halides is 5. The van der Waals surface area contributed by atoms with Crippen molar-refractivity contribution in [2.75, 3.05) is 33.5 Å². The van der Waals surface area contributed by atoms with Crippen LogP contribution < -0.4 is 11.5 Å². The summed E-state index contributed by atoms with van der Waals surface area (Å²) in [5.74, 6) is 1.08. The highest BCUT2D eigenvalue weighted by atomic mass is 19.4. The molecule has 0 radical (unpaired) electrons. The first kappa shape index (κ1) is 72.6. The van der Waals surface area contributed by atoms with Gasteiger partial charge in [-0.25, -0.2) is 4.39 Å². The van der Waals surface area contributed by atoms with Crippen LogP contribution in [0.2, 0.25) is 0 Å². The van der Waals surface area contributed by atoms with Crippen LogP contribution in [0.1, 0.15) is 174 Å². The van der Waals surface area contributed by atoms with Crippen molar-refractivity contribution in [2.45, 2.75) is 199 Å². The number of hydrogen-bond donors (Lipinski definition) is 4. The maximum atomic E-state index is 11.4. The standard InChI is InChI=1S/C4H9F.C4H11N.C4H10O.C4H8.C4H10.C3H7F.C3H9N.C3H5N.2C3H8O.C2H3F3/c3*1-3-4(2)5;1-4-2-3-4;1-3-4-2;3*1-2-3-4;1-3-4-2;1-2-3-4;1-2(3,4)5/h4H,3H2,1-2H3;4H,3,5H2,1-2H3;4-5H,3H2,1-2H3;4H,2-3H2,1H3;3-4H2,1-2H3;2-3H2,1H3;2-4H2,1H3;2H2,1H3;3H2,1-2H3;4H,2-3H2,1H3;1H3. The van der Waals surface area contributed by atoms with Gasteiger partial charge in [0, 0.05) is 39.7 Å². The van der Waals surface area contributed by atoms with Gasteiger partial charge in [0.15, 0.2) is 0 Å². The fourth-order valence-electron chi connectivity index (χ4n) is 0.167. The van der Waals surface area contributed by atoms with E-state index in [0.29, 0.717) is 31.9 Å². The van der Waals surface area contributed by atoms with Crippen LogP contribution in [-0.2, 0) is 4.74 Å². The van der Waals surface area contributed by atoms with Crippen LogP contribution >= 0.6 is 0 Å². The van der Waals surface area contributed by atoms with E-state index >= 15 is 0 Å². The Balaban J connectivity index is -0.0000000414. The van der Waals surface area contributed by atoms with Gasteiger partial charge in [0.05, 0.1) is 25.0 Å². The van der Waals surface area contributed by atoms with Gasteiger partial charge in [0.2, 0.25) is 0 Å². The lowest BCUT2D eigenvalue weighted by molar-refractivity contribution is -0.110. The summed E-state index contributed by atoms with van der Waals surface area (Å²) in [6.07, 6.45) is 6.71. The molecular weight excluding hydrogens is 629 g/mol. The topological polar surface area (TPSA) is 126 Å². The van der Waals surface area contributed by atoms with Crippen LogP contribution in [0.25, 0.3) is 0 Å². The molecule has 0 aromatic carbocycles. The SMILES string of the molecule is CC(F)(F)F.CC1CC1.CCC#N.CCC(C)F.CCC(C)N.CCC(C)O.CCCC.CCCF.CCCN.CCCO.CCOC. The molecule has 0 aromatic rings. The Labute approximate surface area is 298 Å². The van der Waals surface area contributed by atoms with Gasteiger partial charge in [-0.05, 0) is 78.7 Å². The third-order valence-corrected chi connectivity index (χ3v) is 4.31. The summed E-state index contributed by atoms with van der Waals surface area (Å²) >= 11 is 0. The van der Waals surface area contributed by atoms with E-state index in [-0.39, 0.29) is 19.7 Å². The molecule has 0 aromatic heterocycles. The van der Waals surface area contributed by atoms with E-state index in [2.05, 4.69) is 39.4 Å². The van der Waals surface area contributed by atoms with Crippen LogP contribution in [0.5, 0.6) is 0 Å². The van der Waals surface area contributed by atoms with Crippen molar-refractivity contribution in [3.05, 3.63) is 0 Å². The second-order valence-electron chi connectivity index (χ2n) is 10.6. The van der Waals surface area contributed by atoms with Gasteiger partial charge < -0.3 is 26.4 Å². The van der Waals surface area contributed by atoms with Crippen molar-refractivity contribution < 1.29 is 36.9 Å². The highest BCUT2D eigenvalue weighted by Gasteiger charge is 2.15. The van der Waals surface area contributed by atoms with Gasteiger partial charge in [0.1, 0.15) is 0 Å². The highest BCUT2D eigenvalue weighted by Crippen LogP contribution is 2.26. The molecule has 11 heteroatoms. The van der Waals surface area contributed by atoms with E-state index in [0.717, 1.165) is 44.8 Å². The first-order chi connectivity index (χ1) is 22.2. The molecular formula is C37H88F5N3O3. The van der Waals surface area contributed by atoms with Gasteiger partial charge >= 0.3 is 6.18 Å². The zero-order chi connectivity index (χ0) is 40.8. The van der Waals surface area contributed by atoms with Crippen LogP contribution in [-0.4, -0.2) is 68.2 Å². The summed E-state index contributed by atoms with van der Waals surface area (Å²) in [6.45, 7) is 29.4. The number of methoxy groups -OCH3 is 1. The molecule has 1 aliphatic carbocycles. The van der Waals surface area contributed by atoms with E-state index in [1.807, 2.05) is 47.6 Å². The molecule has 48 heavy (non-hydrogen) atoms. The quantitative estimate of drug-likeness (QED) is 0.185. The molecule has 6 nitrogen and oxygen atoms in total. The van der Waals surface area contributed by atoms with Crippen LogP contribution in [0, 0.1) is 17.2 Å². The van der Waals surface area contributed by atoms with Gasteiger partial charge in [-0.3, -0.25) is 4.39 Å². The highest BCUT2D eigenvalue weighted by molar-refractivity contribution is 4.65. The minimum Gasteiger partial charge on any atom is -0.396 e. The summed E-state index contributed by atoms with van der Waals surface area (Å²) in [6, 6.07) is 2.31. The predicted octanol–water partition coefficient (Wildman–Crippen LogP) is 11.7. The minimum absolute atomic E-state index is 0.116. The van der Waals surface area contributed by atoms with Gasteiger partial charge in [-0.15, -0.1) is 0 Å². The summed E-state index contributed by atoms with van der Waals surface area (Å²) in [5.41, 5.74) is 10.3. The summed E-state index contributed by atoms with van der Waals surface area (Å²) in [4.78, 5) is 0. The number of nitriles is 1. The molecule has 1 fully saturated rings. The third-order valence-electron chi connectivity index (χ3n) is 4.31. The number of rotatable bonds is 8. The molecule has 1 aliphatic rings. The van der Waals surface area contributed by atoms with Gasteiger partial charge in [0.25, 0.3) is 0 Å². The number of hydrogen-bond acceptors (Lipinski definition) is 6. The smallest absolute Gasteiger partial charge is 0.386 e. The molecule has 0 spiro atoms. The first-order valence-electron chi connectivity index (χ1n) is 18.1. The number of unbranched alkanes of at least 4 members (excludes halogenated alkanes) is 1. The van der Waals surface area contributed by atoms with E-state index in [1.165, 1.54) is 25.7 Å². The Bertz CT molecular complexity index is 393. The Morgan fingerprint density at radius 1 is 0.833 bits per heavy atom. The molecule has 3 atom stereocenters. The largest absolute Gasteiger partial charge is 0.396 e. The monoisotopic (exact) mass is 718 g/mol. The number of halogens is 5. The average molecular weight is 718 g/mol. The molecule has 6 N–H and O–H groups in total. The van der Waals surface area contributed by atoms with Crippen molar-refractivity contribution in [3.8, 4) is 6.07 Å². The number of nitrogens with zero attached hydrogens (tertiary/aromatic N) is 1. The predicted molar refractivity (Wildman–Crippen MR) is 204 cm³/mol. The lowest BCUT2D eigenvalue weighted by Gasteiger charge is -1.91. The Kier molecular flexibility index (Phi) is 122. The fraction of sp³-hybridized carbons (Fsp3) is 0.973. The van der Waals surface area contributed by atoms with Crippen molar-refractivity contribution in [3.63, 3.8) is 0 Å². The first-order valence-corrected chi connectivity index (χ1v) is 18.1. The lowest BCUT2D eigenvalue weighted by atomic mass is 10.3. The van der Waals surface area contributed by atoms with Crippen LogP contribution in [0.15, 0.2) is 0 Å². The number of aliphatic hydroxyl groups is 2. The van der Waals surface area contributed by atoms with Crippen molar-refractivity contribution in [1.82, 2.24) is 0 Å². The number of ether oxygens (including phenoxy) is 1. The van der Waals surface area contributed by atoms with Crippen LogP contribution in [0.4, 0.5) is 22.0 Å². The average Bonchev–Trinajstić information content (AvgIpc) is 3.86. The third kappa shape index (κ3) is 447. The zero-order valence-electron chi connectivity index (χ0n) is 34.7. The van der Waals surface area contributed by atoms with Crippen molar-refractivity contribution in [1.29, 1.82) is 5.26 Å². The van der Waals surface area contributed by atoms with E-state index in [1.54, 1.807) is 27.9 Å². The molecule has 0 bridgehead atoms. The maximum absolute atomic E-state index is 11.4.